The number of nitrogens with two attached hydrogens (primary N) is 1. The number of halogens is 1. The number of carbonyl (C=O) groups is 1. The minimum absolute atomic E-state index is 0.270. The van der Waals surface area contributed by atoms with Gasteiger partial charge >= 0.3 is 0 Å². The lowest BCUT2D eigenvalue weighted by Gasteiger charge is -2.24. The summed E-state index contributed by atoms with van der Waals surface area (Å²) in [7, 11) is 0. The van der Waals surface area contributed by atoms with Gasteiger partial charge in [-0.2, -0.15) is 0 Å². The van der Waals surface area contributed by atoms with Crippen LogP contribution >= 0.6 is 27.3 Å². The van der Waals surface area contributed by atoms with E-state index in [2.05, 4.69) is 26.2 Å². The summed E-state index contributed by atoms with van der Waals surface area (Å²) in [6.07, 6.45) is 0.270. The molecule has 1 aromatic heterocycles. The van der Waals surface area contributed by atoms with Crippen molar-refractivity contribution in [1.82, 2.24) is 4.98 Å². The first-order chi connectivity index (χ1) is 8.35. The number of rotatable bonds is 4. The van der Waals surface area contributed by atoms with E-state index >= 15 is 0 Å². The van der Waals surface area contributed by atoms with Gasteiger partial charge < -0.3 is 11.1 Å². The highest BCUT2D eigenvalue weighted by Crippen LogP contribution is 2.30. The molecule has 0 aliphatic carbocycles. The fraction of sp³-hybridized carbons (Fsp3) is 0.333. The van der Waals surface area contributed by atoms with Crippen LogP contribution in [0.1, 0.15) is 20.3 Å². The van der Waals surface area contributed by atoms with Gasteiger partial charge in [-0.1, -0.05) is 27.3 Å². The van der Waals surface area contributed by atoms with Crippen molar-refractivity contribution < 1.29 is 4.79 Å². The number of hydrogen-bond donors (Lipinski definition) is 2. The van der Waals surface area contributed by atoms with Gasteiger partial charge in [0.1, 0.15) is 0 Å². The minimum Gasteiger partial charge on any atom is -0.370 e. The Bertz CT molecular complexity index is 594. The molecule has 0 atom stereocenters. The van der Waals surface area contributed by atoms with Crippen LogP contribution in [-0.2, 0) is 4.79 Å². The predicted molar refractivity (Wildman–Crippen MR) is 78.8 cm³/mol. The molecule has 3 N–H and O–H groups in total. The van der Waals surface area contributed by atoms with E-state index in [1.165, 1.54) is 0 Å². The highest BCUT2D eigenvalue weighted by molar-refractivity contribution is 9.10. The molecule has 0 fully saturated rings. The number of carbonyl (C=O) groups excluding carboxylic acids is 1. The highest BCUT2D eigenvalue weighted by atomic mass is 79.9. The van der Waals surface area contributed by atoms with E-state index in [1.807, 2.05) is 32.0 Å². The maximum atomic E-state index is 11.0. The summed E-state index contributed by atoms with van der Waals surface area (Å²) >= 11 is 4.98. The second-order valence-corrected chi connectivity index (χ2v) is 6.73. The lowest BCUT2D eigenvalue weighted by Crippen LogP contribution is -2.35. The summed E-state index contributed by atoms with van der Waals surface area (Å²) in [6, 6.07) is 5.97. The molecule has 6 heteroatoms. The van der Waals surface area contributed by atoms with E-state index in [1.54, 1.807) is 11.3 Å². The molecule has 0 bridgehead atoms. The predicted octanol–water partition coefficient (Wildman–Crippen LogP) is 3.12. The molecular weight excluding hydrogens is 314 g/mol. The van der Waals surface area contributed by atoms with Gasteiger partial charge in [-0.05, 0) is 32.0 Å². The zero-order valence-corrected chi connectivity index (χ0v) is 12.6. The first kappa shape index (κ1) is 13.3. The first-order valence-corrected chi connectivity index (χ1v) is 7.09. The first-order valence-electron chi connectivity index (χ1n) is 5.48. The van der Waals surface area contributed by atoms with Gasteiger partial charge in [0.2, 0.25) is 5.91 Å². The van der Waals surface area contributed by atoms with Gasteiger partial charge in [-0.15, -0.1) is 0 Å². The maximum absolute atomic E-state index is 11.0. The summed E-state index contributed by atoms with van der Waals surface area (Å²) in [5, 5.41) is 4.05. The van der Waals surface area contributed by atoms with Gasteiger partial charge in [0, 0.05) is 16.4 Å². The van der Waals surface area contributed by atoms with Crippen molar-refractivity contribution in [2.24, 2.45) is 5.73 Å². The number of benzene rings is 1. The van der Waals surface area contributed by atoms with Gasteiger partial charge in [-0.3, -0.25) is 4.79 Å². The topological polar surface area (TPSA) is 68.0 Å². The Labute approximate surface area is 118 Å². The fourth-order valence-electron chi connectivity index (χ4n) is 1.72. The summed E-state index contributed by atoms with van der Waals surface area (Å²) in [6.45, 7) is 3.86. The normalized spacial score (nSPS) is 11.7. The average molecular weight is 328 g/mol. The van der Waals surface area contributed by atoms with E-state index in [4.69, 9.17) is 5.73 Å². The Hall–Kier alpha value is -1.14. The molecule has 0 spiro atoms. The monoisotopic (exact) mass is 327 g/mol. The number of hydrogen-bond acceptors (Lipinski definition) is 4. The molecule has 96 valence electrons. The van der Waals surface area contributed by atoms with E-state index in [-0.39, 0.29) is 12.3 Å². The molecule has 4 nitrogen and oxygen atoms in total. The summed E-state index contributed by atoms with van der Waals surface area (Å²) in [4.78, 5) is 15.5. The quantitative estimate of drug-likeness (QED) is 0.906. The Morgan fingerprint density at radius 2 is 2.28 bits per heavy atom. The number of fused-ring (bicyclic) bond motifs is 1. The maximum Gasteiger partial charge on any atom is 0.219 e. The van der Waals surface area contributed by atoms with Crippen molar-refractivity contribution in [3.05, 3.63) is 22.7 Å². The van der Waals surface area contributed by atoms with Crippen LogP contribution in [0.4, 0.5) is 5.13 Å². The van der Waals surface area contributed by atoms with Crippen molar-refractivity contribution in [3.63, 3.8) is 0 Å². The van der Waals surface area contributed by atoms with Crippen molar-refractivity contribution in [2.45, 2.75) is 25.8 Å². The highest BCUT2D eigenvalue weighted by Gasteiger charge is 2.21. The van der Waals surface area contributed by atoms with Crippen LogP contribution in [0.3, 0.4) is 0 Å². The lowest BCUT2D eigenvalue weighted by atomic mass is 10.0. The number of amides is 1. The summed E-state index contributed by atoms with van der Waals surface area (Å²) < 4.78 is 2.11. The molecule has 0 unspecified atom stereocenters. The van der Waals surface area contributed by atoms with E-state index in [9.17, 15) is 4.79 Å². The standard InChI is InChI=1S/C12H14BrN3OS/c1-12(2,6-10(14)17)16-11-15-8-5-7(13)3-4-9(8)18-11/h3-5H,6H2,1-2H3,(H2,14,17)(H,15,16). The molecule has 1 amide bonds. The lowest BCUT2D eigenvalue weighted by molar-refractivity contribution is -0.118. The molecule has 1 heterocycles. The van der Waals surface area contributed by atoms with Crippen molar-refractivity contribution >= 4 is 48.5 Å². The molecule has 0 saturated heterocycles. The third-order valence-electron chi connectivity index (χ3n) is 2.41. The number of nitrogens with one attached hydrogen (secondary N) is 1. The van der Waals surface area contributed by atoms with Crippen molar-refractivity contribution in [3.8, 4) is 0 Å². The molecular formula is C12H14BrN3OS. The van der Waals surface area contributed by atoms with Gasteiger partial charge in [0.05, 0.1) is 10.2 Å². The largest absolute Gasteiger partial charge is 0.370 e. The van der Waals surface area contributed by atoms with Crippen LogP contribution in [0, 0.1) is 0 Å². The number of primary amides is 1. The van der Waals surface area contributed by atoms with Crippen LogP contribution < -0.4 is 11.1 Å². The number of thiazole rings is 1. The summed E-state index contributed by atoms with van der Waals surface area (Å²) in [5.74, 6) is -0.323. The Kier molecular flexibility index (Phi) is 3.59. The molecule has 2 rings (SSSR count). The van der Waals surface area contributed by atoms with Gasteiger partial charge in [-0.25, -0.2) is 4.98 Å². The van der Waals surface area contributed by atoms with Crippen LogP contribution in [0.25, 0.3) is 10.2 Å². The smallest absolute Gasteiger partial charge is 0.219 e. The second-order valence-electron chi connectivity index (χ2n) is 4.78. The molecule has 0 saturated carbocycles. The molecule has 0 aliphatic rings. The van der Waals surface area contributed by atoms with Crippen molar-refractivity contribution in [2.75, 3.05) is 5.32 Å². The van der Waals surface area contributed by atoms with Crippen LogP contribution in [-0.4, -0.2) is 16.4 Å². The molecule has 0 radical (unpaired) electrons. The van der Waals surface area contributed by atoms with Gasteiger partial charge in [0.25, 0.3) is 0 Å². The third-order valence-corrected chi connectivity index (χ3v) is 3.86. The SMILES string of the molecule is CC(C)(CC(N)=O)Nc1nc2cc(Br)ccc2s1. The third kappa shape index (κ3) is 3.20. The molecule has 0 aliphatic heterocycles. The fourth-order valence-corrected chi connectivity index (χ4v) is 3.10. The van der Waals surface area contributed by atoms with Crippen LogP contribution in [0.2, 0.25) is 0 Å². The molecule has 18 heavy (non-hydrogen) atoms. The number of nitrogens with zero attached hydrogens (tertiary/aromatic N) is 1. The second kappa shape index (κ2) is 4.85. The minimum atomic E-state index is -0.392. The zero-order chi connectivity index (χ0) is 13.3. The van der Waals surface area contributed by atoms with Crippen LogP contribution in [0.5, 0.6) is 0 Å². The Balaban J connectivity index is 2.24. The van der Waals surface area contributed by atoms with E-state index in [0.717, 1.165) is 19.8 Å². The molecule has 2 aromatic rings. The number of aromatic nitrogens is 1. The van der Waals surface area contributed by atoms with E-state index < -0.39 is 5.54 Å². The molecule has 1 aromatic carbocycles. The zero-order valence-electron chi connectivity index (χ0n) is 10.2. The Morgan fingerprint density at radius 1 is 1.56 bits per heavy atom. The number of anilines is 1. The van der Waals surface area contributed by atoms with Crippen LogP contribution in [0.15, 0.2) is 22.7 Å². The Morgan fingerprint density at radius 3 is 2.94 bits per heavy atom. The van der Waals surface area contributed by atoms with E-state index in [0.29, 0.717) is 0 Å². The van der Waals surface area contributed by atoms with Gasteiger partial charge in [0.15, 0.2) is 5.13 Å². The average Bonchev–Trinajstić information content (AvgIpc) is 2.55. The van der Waals surface area contributed by atoms with Crippen molar-refractivity contribution in [1.29, 1.82) is 0 Å². The summed E-state index contributed by atoms with van der Waals surface area (Å²) in [5.41, 5.74) is 5.77.